The monoisotopic (exact) mass is 393 g/mol. The summed E-state index contributed by atoms with van der Waals surface area (Å²) < 4.78 is 57.4. The van der Waals surface area contributed by atoms with Gasteiger partial charge in [0.2, 0.25) is 0 Å². The van der Waals surface area contributed by atoms with Gasteiger partial charge in [-0.05, 0) is 18.2 Å². The summed E-state index contributed by atoms with van der Waals surface area (Å²) in [5.74, 6) is -5.52. The first-order valence-corrected chi connectivity index (χ1v) is 8.25. The highest BCUT2D eigenvalue weighted by atomic mass is 35.5. The van der Waals surface area contributed by atoms with Crippen molar-refractivity contribution in [2.24, 2.45) is 0 Å². The van der Waals surface area contributed by atoms with Gasteiger partial charge in [0.05, 0.1) is 17.8 Å². The number of halogens is 3. The Balaban J connectivity index is 2.63. The molecule has 0 bridgehead atoms. The summed E-state index contributed by atoms with van der Waals surface area (Å²) in [5, 5.41) is 19.3. The van der Waals surface area contributed by atoms with Gasteiger partial charge in [0.1, 0.15) is 17.2 Å². The third-order valence-electron chi connectivity index (χ3n) is 3.03. The first kappa shape index (κ1) is 18.7. The average molecular weight is 394 g/mol. The van der Waals surface area contributed by atoms with E-state index in [2.05, 4.69) is 4.74 Å². The molecule has 2 aromatic rings. The minimum Gasteiger partial charge on any atom is -0.505 e. The SMILES string of the molecule is COC(=O)c1cc(Cl)c(O)c(S(=O)(=O)Nc2ccc(F)cc2F)c1O. The molecule has 0 heterocycles. The number of nitrogens with one attached hydrogen (secondary N) is 1. The van der Waals surface area contributed by atoms with Gasteiger partial charge in [0, 0.05) is 6.07 Å². The van der Waals surface area contributed by atoms with Crippen molar-refractivity contribution in [3.8, 4) is 11.5 Å². The molecule has 0 atom stereocenters. The molecular formula is C14H10ClF2NO6S. The second kappa shape index (κ2) is 6.73. The Morgan fingerprint density at radius 2 is 1.84 bits per heavy atom. The fourth-order valence-corrected chi connectivity index (χ4v) is 3.44. The standard InChI is InChI=1S/C14H10ClF2NO6S/c1-24-14(21)7-5-8(15)12(20)13(11(7)19)25(22,23)18-10-3-2-6(16)4-9(10)17/h2-5,18-20H,1H3. The van der Waals surface area contributed by atoms with Gasteiger partial charge in [-0.2, -0.15) is 0 Å². The number of methoxy groups -OCH3 is 1. The zero-order valence-electron chi connectivity index (χ0n) is 12.4. The lowest BCUT2D eigenvalue weighted by molar-refractivity contribution is 0.0597. The van der Waals surface area contributed by atoms with E-state index in [1.165, 1.54) is 0 Å². The number of sulfonamides is 1. The quantitative estimate of drug-likeness (QED) is 0.688. The van der Waals surface area contributed by atoms with Crippen molar-refractivity contribution in [1.29, 1.82) is 0 Å². The summed E-state index contributed by atoms with van der Waals surface area (Å²) in [7, 11) is -3.83. The molecule has 134 valence electrons. The van der Waals surface area contributed by atoms with E-state index in [1.54, 1.807) is 4.72 Å². The van der Waals surface area contributed by atoms with Crippen molar-refractivity contribution in [1.82, 2.24) is 0 Å². The van der Waals surface area contributed by atoms with Crippen LogP contribution in [0.3, 0.4) is 0 Å². The Morgan fingerprint density at radius 3 is 2.40 bits per heavy atom. The zero-order valence-corrected chi connectivity index (χ0v) is 14.0. The highest BCUT2D eigenvalue weighted by Gasteiger charge is 2.31. The lowest BCUT2D eigenvalue weighted by Gasteiger charge is -2.14. The molecule has 3 N–H and O–H groups in total. The summed E-state index contributed by atoms with van der Waals surface area (Å²) in [5.41, 5.74) is -1.29. The van der Waals surface area contributed by atoms with Crippen LogP contribution in [0.2, 0.25) is 5.02 Å². The molecule has 7 nitrogen and oxygen atoms in total. The summed E-state index contributed by atoms with van der Waals surface area (Å²) in [4.78, 5) is 10.4. The number of rotatable bonds is 4. The molecule has 2 aromatic carbocycles. The number of carbonyl (C=O) groups excluding carboxylic acids is 1. The van der Waals surface area contributed by atoms with Gasteiger partial charge in [-0.3, -0.25) is 4.72 Å². The van der Waals surface area contributed by atoms with Crippen LogP contribution in [0.4, 0.5) is 14.5 Å². The van der Waals surface area contributed by atoms with Crippen molar-refractivity contribution < 1.29 is 36.9 Å². The summed E-state index contributed by atoms with van der Waals surface area (Å²) >= 11 is 5.67. The Kier molecular flexibility index (Phi) is 5.04. The molecule has 0 aliphatic heterocycles. The number of anilines is 1. The van der Waals surface area contributed by atoms with E-state index < -0.39 is 60.3 Å². The van der Waals surface area contributed by atoms with Gasteiger partial charge in [-0.25, -0.2) is 22.0 Å². The van der Waals surface area contributed by atoms with Crippen LogP contribution < -0.4 is 4.72 Å². The third kappa shape index (κ3) is 3.59. The number of aromatic hydroxyl groups is 2. The van der Waals surface area contributed by atoms with Crippen molar-refractivity contribution in [2.45, 2.75) is 4.90 Å². The van der Waals surface area contributed by atoms with Crippen molar-refractivity contribution in [3.63, 3.8) is 0 Å². The average Bonchev–Trinajstić information content (AvgIpc) is 2.52. The van der Waals surface area contributed by atoms with Crippen molar-refractivity contribution in [2.75, 3.05) is 11.8 Å². The predicted octanol–water partition coefficient (Wildman–Crippen LogP) is 2.62. The van der Waals surface area contributed by atoms with Crippen LogP contribution in [0.5, 0.6) is 11.5 Å². The van der Waals surface area contributed by atoms with Crippen LogP contribution in [0.25, 0.3) is 0 Å². The van der Waals surface area contributed by atoms with Gasteiger partial charge in [0.25, 0.3) is 10.0 Å². The first-order valence-electron chi connectivity index (χ1n) is 6.39. The molecule has 0 saturated carbocycles. The maximum absolute atomic E-state index is 13.6. The molecule has 0 unspecified atom stereocenters. The summed E-state index contributed by atoms with van der Waals surface area (Å²) in [6.45, 7) is 0. The molecule has 0 aliphatic carbocycles. The molecule has 0 radical (unpaired) electrons. The minimum atomic E-state index is -4.80. The fraction of sp³-hybridized carbons (Fsp3) is 0.0714. The smallest absolute Gasteiger partial charge is 0.341 e. The van der Waals surface area contributed by atoms with E-state index in [0.29, 0.717) is 6.07 Å². The molecule has 25 heavy (non-hydrogen) atoms. The number of esters is 1. The van der Waals surface area contributed by atoms with Crippen molar-refractivity contribution in [3.05, 3.63) is 46.5 Å². The number of phenolic OH excluding ortho intramolecular Hbond substituents is 2. The van der Waals surface area contributed by atoms with Crippen LogP contribution in [-0.4, -0.2) is 31.7 Å². The predicted molar refractivity (Wildman–Crippen MR) is 83.3 cm³/mol. The fourth-order valence-electron chi connectivity index (χ4n) is 1.89. The Bertz CT molecular complexity index is 964. The third-order valence-corrected chi connectivity index (χ3v) is 4.73. The lowest BCUT2D eigenvalue weighted by atomic mass is 10.2. The second-order valence-corrected chi connectivity index (χ2v) is 6.68. The van der Waals surface area contributed by atoms with Gasteiger partial charge >= 0.3 is 5.97 Å². The molecule has 0 fully saturated rings. The number of hydrogen-bond acceptors (Lipinski definition) is 6. The highest BCUT2D eigenvalue weighted by Crippen LogP contribution is 2.41. The first-order chi connectivity index (χ1) is 11.6. The van der Waals surface area contributed by atoms with E-state index in [-0.39, 0.29) is 0 Å². The van der Waals surface area contributed by atoms with Crippen LogP contribution in [-0.2, 0) is 14.8 Å². The molecule has 0 aliphatic rings. The number of hydrogen-bond donors (Lipinski definition) is 3. The van der Waals surface area contributed by atoms with Crippen LogP contribution in [0.1, 0.15) is 10.4 Å². The Labute approximate surface area is 145 Å². The maximum Gasteiger partial charge on any atom is 0.341 e. The number of carbonyl (C=O) groups is 1. The summed E-state index contributed by atoms with van der Waals surface area (Å²) in [6.07, 6.45) is 0. The molecular weight excluding hydrogens is 384 g/mol. The molecule has 0 saturated heterocycles. The molecule has 0 aromatic heterocycles. The van der Waals surface area contributed by atoms with E-state index in [9.17, 15) is 32.2 Å². The molecule has 11 heteroatoms. The number of phenols is 2. The van der Waals surface area contributed by atoms with Crippen LogP contribution >= 0.6 is 11.6 Å². The van der Waals surface area contributed by atoms with Crippen LogP contribution in [0, 0.1) is 11.6 Å². The topological polar surface area (TPSA) is 113 Å². The van der Waals surface area contributed by atoms with Gasteiger partial charge in [-0.15, -0.1) is 0 Å². The van der Waals surface area contributed by atoms with E-state index in [0.717, 1.165) is 25.3 Å². The Morgan fingerprint density at radius 1 is 1.20 bits per heavy atom. The maximum atomic E-state index is 13.6. The van der Waals surface area contributed by atoms with Crippen LogP contribution in [0.15, 0.2) is 29.2 Å². The van der Waals surface area contributed by atoms with E-state index >= 15 is 0 Å². The number of benzene rings is 2. The largest absolute Gasteiger partial charge is 0.505 e. The van der Waals surface area contributed by atoms with Crippen molar-refractivity contribution >= 4 is 33.3 Å². The zero-order chi connectivity index (χ0) is 18.9. The van der Waals surface area contributed by atoms with Gasteiger partial charge < -0.3 is 14.9 Å². The summed E-state index contributed by atoms with van der Waals surface area (Å²) in [6, 6.07) is 2.81. The normalized spacial score (nSPS) is 11.2. The molecule has 0 amide bonds. The van der Waals surface area contributed by atoms with Gasteiger partial charge in [0.15, 0.2) is 16.4 Å². The number of ether oxygens (including phenoxy) is 1. The minimum absolute atomic E-state index is 0.426. The molecule has 0 spiro atoms. The van der Waals surface area contributed by atoms with Gasteiger partial charge in [-0.1, -0.05) is 11.6 Å². The highest BCUT2D eigenvalue weighted by molar-refractivity contribution is 7.93. The lowest BCUT2D eigenvalue weighted by Crippen LogP contribution is -2.16. The molecule has 2 rings (SSSR count). The van der Waals surface area contributed by atoms with E-state index in [1.807, 2.05) is 0 Å². The van der Waals surface area contributed by atoms with E-state index in [4.69, 9.17) is 11.6 Å². The Hall–Kier alpha value is -2.59. The second-order valence-electron chi connectivity index (χ2n) is 4.65.